The molecule has 1 amide bonds. The number of amides is 1. The molecule has 86 valence electrons. The zero-order chi connectivity index (χ0) is 12.1. The predicted molar refractivity (Wildman–Crippen MR) is 60.0 cm³/mol. The molecule has 4 nitrogen and oxygen atoms in total. The highest BCUT2D eigenvalue weighted by atomic mass is 16.6. The summed E-state index contributed by atoms with van der Waals surface area (Å²) in [6.07, 6.45) is -0.623. The normalized spacial score (nSPS) is 11.9. The lowest BCUT2D eigenvalue weighted by Gasteiger charge is -2.17. The molecule has 0 bridgehead atoms. The Hall–Kier alpha value is -1.84. The molecule has 1 aromatic rings. The van der Waals surface area contributed by atoms with E-state index < -0.39 is 12.2 Å². The summed E-state index contributed by atoms with van der Waals surface area (Å²) in [7, 11) is 0. The van der Waals surface area contributed by atoms with Crippen LogP contribution in [0.1, 0.15) is 29.2 Å². The number of carbonyl (C=O) groups excluding carboxylic acids is 2. The van der Waals surface area contributed by atoms with E-state index in [1.807, 2.05) is 32.0 Å². The van der Waals surface area contributed by atoms with Gasteiger partial charge in [0, 0.05) is 6.42 Å². The van der Waals surface area contributed by atoms with Crippen LogP contribution in [0.15, 0.2) is 18.2 Å². The Bertz CT molecular complexity index is 401. The largest absolute Gasteiger partial charge is 0.441 e. The van der Waals surface area contributed by atoms with Crippen LogP contribution < -0.4 is 5.73 Å². The monoisotopic (exact) mass is 221 g/mol. The van der Waals surface area contributed by atoms with E-state index in [9.17, 15) is 9.59 Å². The van der Waals surface area contributed by atoms with Gasteiger partial charge in [0.1, 0.15) is 12.4 Å². The standard InChI is InChI=1S/C12H15NO3/c1-8-3-4-10(9(2)7-8)11(5-6-14)16-12(13)15/h3-4,6-7,11H,5H2,1-2H3,(H2,13,15). The molecule has 0 aliphatic heterocycles. The highest BCUT2D eigenvalue weighted by Crippen LogP contribution is 2.24. The van der Waals surface area contributed by atoms with E-state index in [1.54, 1.807) is 0 Å². The molecule has 0 heterocycles. The quantitative estimate of drug-likeness (QED) is 0.791. The van der Waals surface area contributed by atoms with Gasteiger partial charge >= 0.3 is 6.09 Å². The van der Waals surface area contributed by atoms with Crippen LogP contribution in [0, 0.1) is 13.8 Å². The van der Waals surface area contributed by atoms with E-state index in [0.29, 0.717) is 6.29 Å². The minimum Gasteiger partial charge on any atom is -0.441 e. The number of primary amides is 1. The molecule has 0 saturated carbocycles. The Morgan fingerprint density at radius 1 is 1.50 bits per heavy atom. The van der Waals surface area contributed by atoms with Gasteiger partial charge in [-0.15, -0.1) is 0 Å². The predicted octanol–water partition coefficient (Wildman–Crippen LogP) is 2.03. The number of aryl methyl sites for hydroxylation is 2. The number of benzene rings is 1. The smallest absolute Gasteiger partial charge is 0.405 e. The summed E-state index contributed by atoms with van der Waals surface area (Å²) >= 11 is 0. The molecule has 4 heteroatoms. The number of aldehydes is 1. The SMILES string of the molecule is Cc1ccc(C(CC=O)OC(N)=O)c(C)c1. The maximum atomic E-state index is 10.7. The van der Waals surface area contributed by atoms with Crippen molar-refractivity contribution < 1.29 is 14.3 Å². The van der Waals surface area contributed by atoms with Gasteiger partial charge < -0.3 is 15.3 Å². The van der Waals surface area contributed by atoms with Crippen LogP contribution in [0.2, 0.25) is 0 Å². The lowest BCUT2D eigenvalue weighted by Crippen LogP contribution is -2.18. The first-order valence-electron chi connectivity index (χ1n) is 5.01. The molecule has 0 aliphatic carbocycles. The van der Waals surface area contributed by atoms with Gasteiger partial charge in [-0.2, -0.15) is 0 Å². The topological polar surface area (TPSA) is 69.4 Å². The van der Waals surface area contributed by atoms with Crippen molar-refractivity contribution >= 4 is 12.4 Å². The van der Waals surface area contributed by atoms with Crippen molar-refractivity contribution in [3.8, 4) is 0 Å². The van der Waals surface area contributed by atoms with Crippen molar-refractivity contribution in [1.82, 2.24) is 0 Å². The molecule has 0 aromatic heterocycles. The maximum Gasteiger partial charge on any atom is 0.405 e. The van der Waals surface area contributed by atoms with Crippen molar-refractivity contribution in [2.24, 2.45) is 5.73 Å². The summed E-state index contributed by atoms with van der Waals surface area (Å²) in [5.74, 6) is 0. The van der Waals surface area contributed by atoms with E-state index in [1.165, 1.54) is 0 Å². The molecule has 1 atom stereocenters. The summed E-state index contributed by atoms with van der Waals surface area (Å²) in [5, 5.41) is 0. The van der Waals surface area contributed by atoms with Crippen molar-refractivity contribution in [1.29, 1.82) is 0 Å². The van der Waals surface area contributed by atoms with Crippen LogP contribution in [0.4, 0.5) is 4.79 Å². The molecule has 0 radical (unpaired) electrons. The third-order valence-corrected chi connectivity index (χ3v) is 2.34. The summed E-state index contributed by atoms with van der Waals surface area (Å²) in [4.78, 5) is 21.2. The fraction of sp³-hybridized carbons (Fsp3) is 0.333. The molecule has 0 saturated heterocycles. The van der Waals surface area contributed by atoms with Gasteiger partial charge in [-0.25, -0.2) is 4.79 Å². The Morgan fingerprint density at radius 2 is 2.19 bits per heavy atom. The summed E-state index contributed by atoms with van der Waals surface area (Å²) in [6, 6.07) is 5.73. The number of rotatable bonds is 4. The molecule has 2 N–H and O–H groups in total. The summed E-state index contributed by atoms with van der Waals surface area (Å²) < 4.78 is 4.91. The van der Waals surface area contributed by atoms with Crippen molar-refractivity contribution in [3.63, 3.8) is 0 Å². The first-order chi connectivity index (χ1) is 7.54. The highest BCUT2D eigenvalue weighted by Gasteiger charge is 2.16. The van der Waals surface area contributed by atoms with Gasteiger partial charge in [0.2, 0.25) is 0 Å². The lowest BCUT2D eigenvalue weighted by molar-refractivity contribution is -0.109. The average molecular weight is 221 g/mol. The minimum absolute atomic E-state index is 0.118. The molecule has 0 aliphatic rings. The third-order valence-electron chi connectivity index (χ3n) is 2.34. The van der Waals surface area contributed by atoms with Crippen LogP contribution in [0.3, 0.4) is 0 Å². The Morgan fingerprint density at radius 3 is 2.69 bits per heavy atom. The van der Waals surface area contributed by atoms with E-state index in [4.69, 9.17) is 10.5 Å². The van der Waals surface area contributed by atoms with Gasteiger partial charge in [-0.3, -0.25) is 0 Å². The summed E-state index contributed by atoms with van der Waals surface area (Å²) in [6.45, 7) is 3.88. The lowest BCUT2D eigenvalue weighted by atomic mass is 9.99. The number of hydrogen-bond donors (Lipinski definition) is 1. The van der Waals surface area contributed by atoms with Gasteiger partial charge in [-0.1, -0.05) is 23.8 Å². The number of nitrogens with two attached hydrogens (primary N) is 1. The molecule has 16 heavy (non-hydrogen) atoms. The third kappa shape index (κ3) is 3.08. The molecule has 0 spiro atoms. The first kappa shape index (κ1) is 12.2. The van der Waals surface area contributed by atoms with Crippen molar-refractivity contribution in [2.75, 3.05) is 0 Å². The average Bonchev–Trinajstić information content (AvgIpc) is 2.16. The second-order valence-corrected chi connectivity index (χ2v) is 3.69. The summed E-state index contributed by atoms with van der Waals surface area (Å²) in [5.41, 5.74) is 7.88. The molecule has 1 rings (SSSR count). The van der Waals surface area contributed by atoms with E-state index >= 15 is 0 Å². The van der Waals surface area contributed by atoms with Gasteiger partial charge in [0.25, 0.3) is 0 Å². The maximum absolute atomic E-state index is 10.7. The Kier molecular flexibility index (Phi) is 4.05. The first-order valence-corrected chi connectivity index (χ1v) is 5.01. The molecule has 1 unspecified atom stereocenters. The van der Waals surface area contributed by atoms with E-state index in [-0.39, 0.29) is 6.42 Å². The van der Waals surface area contributed by atoms with Gasteiger partial charge in [0.15, 0.2) is 0 Å². The molecule has 0 fully saturated rings. The van der Waals surface area contributed by atoms with Crippen LogP contribution in [-0.4, -0.2) is 12.4 Å². The van der Waals surface area contributed by atoms with Crippen molar-refractivity contribution in [3.05, 3.63) is 34.9 Å². The number of carbonyl (C=O) groups is 2. The van der Waals surface area contributed by atoms with Crippen molar-refractivity contribution in [2.45, 2.75) is 26.4 Å². The van der Waals surface area contributed by atoms with E-state index in [2.05, 4.69) is 0 Å². The molecular formula is C12H15NO3. The zero-order valence-corrected chi connectivity index (χ0v) is 9.40. The van der Waals surface area contributed by atoms with Crippen LogP contribution >= 0.6 is 0 Å². The molecular weight excluding hydrogens is 206 g/mol. The zero-order valence-electron chi connectivity index (χ0n) is 9.40. The van der Waals surface area contributed by atoms with E-state index in [0.717, 1.165) is 16.7 Å². The molecule has 1 aromatic carbocycles. The number of ether oxygens (including phenoxy) is 1. The number of hydrogen-bond acceptors (Lipinski definition) is 3. The second kappa shape index (κ2) is 5.30. The van der Waals surface area contributed by atoms with Crippen LogP contribution in [0.25, 0.3) is 0 Å². The van der Waals surface area contributed by atoms with Crippen LogP contribution in [-0.2, 0) is 9.53 Å². The van der Waals surface area contributed by atoms with Gasteiger partial charge in [-0.05, 0) is 25.0 Å². The van der Waals surface area contributed by atoms with Crippen LogP contribution in [0.5, 0.6) is 0 Å². The fourth-order valence-electron chi connectivity index (χ4n) is 1.65. The Labute approximate surface area is 94.4 Å². The Balaban J connectivity index is 3.00. The second-order valence-electron chi connectivity index (χ2n) is 3.69. The van der Waals surface area contributed by atoms with Gasteiger partial charge in [0.05, 0.1) is 0 Å². The minimum atomic E-state index is -0.869. The fourth-order valence-corrected chi connectivity index (χ4v) is 1.65. The highest BCUT2D eigenvalue weighted by molar-refractivity contribution is 5.65.